The molecule has 0 saturated heterocycles. The molecule has 7 nitrogen and oxygen atoms in total. The van der Waals surface area contributed by atoms with Crippen LogP contribution >= 0.6 is 0 Å². The Kier molecular flexibility index (Phi) is 5.31. The number of aliphatic hydroxyl groups excluding tert-OH is 1. The molecule has 2 N–H and O–H groups in total. The van der Waals surface area contributed by atoms with Crippen molar-refractivity contribution in [3.8, 4) is 17.1 Å². The number of nitrogens with zero attached hydrogens (tertiary/aromatic N) is 4. The van der Waals surface area contributed by atoms with Crippen molar-refractivity contribution in [2.24, 2.45) is 0 Å². The molecule has 0 radical (unpaired) electrons. The molecule has 2 heterocycles. The number of hydrogen-bond donors (Lipinski definition) is 2. The van der Waals surface area contributed by atoms with E-state index in [0.29, 0.717) is 23.0 Å². The fraction of sp³-hybridized carbons (Fsp3) is 0.435. The lowest BCUT2D eigenvalue weighted by atomic mass is 9.93. The van der Waals surface area contributed by atoms with E-state index in [1.165, 1.54) is 12.1 Å². The van der Waals surface area contributed by atoms with Crippen molar-refractivity contribution in [2.75, 3.05) is 5.32 Å². The highest BCUT2D eigenvalue weighted by atomic mass is 19.1. The zero-order chi connectivity index (χ0) is 21.4. The minimum atomic E-state index is -0.345. The zero-order valence-corrected chi connectivity index (χ0v) is 17.2. The van der Waals surface area contributed by atoms with Gasteiger partial charge in [0.2, 0.25) is 5.95 Å². The van der Waals surface area contributed by atoms with Crippen LogP contribution in [-0.2, 0) is 0 Å². The molecule has 3 aromatic rings. The van der Waals surface area contributed by atoms with Gasteiger partial charge in [-0.2, -0.15) is 0 Å². The van der Waals surface area contributed by atoms with E-state index in [-0.39, 0.29) is 29.7 Å². The van der Waals surface area contributed by atoms with Gasteiger partial charge in [0.25, 0.3) is 0 Å². The smallest absolute Gasteiger partial charge is 0.333 e. The fourth-order valence-electron chi connectivity index (χ4n) is 4.38. The van der Waals surface area contributed by atoms with Crippen LogP contribution in [0.3, 0.4) is 0 Å². The first-order valence-electron chi connectivity index (χ1n) is 11.0. The highest BCUT2D eigenvalue weighted by Gasteiger charge is 2.26. The first-order valence-corrected chi connectivity index (χ1v) is 11.0. The highest BCUT2D eigenvalue weighted by molar-refractivity contribution is 5.59. The van der Waals surface area contributed by atoms with E-state index in [4.69, 9.17) is 0 Å². The number of aromatic nitrogens is 4. The lowest BCUT2D eigenvalue weighted by Gasteiger charge is -2.26. The van der Waals surface area contributed by atoms with Crippen LogP contribution in [0.1, 0.15) is 51.0 Å². The summed E-state index contributed by atoms with van der Waals surface area (Å²) < 4.78 is 16.9. The molecule has 2 saturated carbocycles. The molecular formula is C23H26FN5O2. The van der Waals surface area contributed by atoms with Gasteiger partial charge in [-0.05, 0) is 75.3 Å². The van der Waals surface area contributed by atoms with Gasteiger partial charge in [0.05, 0.1) is 23.2 Å². The Morgan fingerprint density at radius 2 is 1.77 bits per heavy atom. The van der Waals surface area contributed by atoms with Crippen LogP contribution in [-0.4, -0.2) is 36.4 Å². The number of imidazole rings is 1. The number of benzene rings is 1. The first kappa shape index (κ1) is 19.9. The summed E-state index contributed by atoms with van der Waals surface area (Å²) in [6.45, 7) is 0. The van der Waals surface area contributed by atoms with E-state index in [1.807, 2.05) is 6.20 Å². The van der Waals surface area contributed by atoms with Crippen LogP contribution in [0.4, 0.5) is 10.3 Å². The van der Waals surface area contributed by atoms with Gasteiger partial charge in [-0.25, -0.2) is 19.2 Å². The molecule has 1 aromatic carbocycles. The molecule has 8 heteroatoms. The quantitative estimate of drug-likeness (QED) is 0.654. The van der Waals surface area contributed by atoms with Crippen molar-refractivity contribution in [3.05, 3.63) is 59.0 Å². The van der Waals surface area contributed by atoms with E-state index in [9.17, 15) is 14.3 Å². The number of aliphatic hydroxyl groups is 1. The second-order valence-electron chi connectivity index (χ2n) is 8.52. The Labute approximate surface area is 179 Å². The van der Waals surface area contributed by atoms with Crippen LogP contribution in [0, 0.1) is 5.82 Å². The summed E-state index contributed by atoms with van der Waals surface area (Å²) in [6.07, 6.45) is 9.68. The summed E-state index contributed by atoms with van der Waals surface area (Å²) in [4.78, 5) is 22.3. The van der Waals surface area contributed by atoms with Crippen molar-refractivity contribution in [1.29, 1.82) is 0 Å². The van der Waals surface area contributed by atoms with Crippen molar-refractivity contribution in [3.63, 3.8) is 0 Å². The third kappa shape index (κ3) is 3.99. The van der Waals surface area contributed by atoms with Gasteiger partial charge in [-0.15, -0.1) is 0 Å². The second kappa shape index (κ2) is 8.26. The zero-order valence-electron chi connectivity index (χ0n) is 17.2. The third-order valence-electron chi connectivity index (χ3n) is 6.42. The first-order chi connectivity index (χ1) is 15.1. The predicted molar refractivity (Wildman–Crippen MR) is 116 cm³/mol. The molecule has 162 valence electrons. The Balaban J connectivity index is 1.52. The molecule has 0 aliphatic heterocycles. The van der Waals surface area contributed by atoms with Gasteiger partial charge in [0.15, 0.2) is 0 Å². The van der Waals surface area contributed by atoms with E-state index in [1.54, 1.807) is 33.5 Å². The lowest BCUT2D eigenvalue weighted by Crippen LogP contribution is -2.30. The van der Waals surface area contributed by atoms with Crippen LogP contribution in [0.5, 0.6) is 0 Å². The van der Waals surface area contributed by atoms with Crippen molar-refractivity contribution < 1.29 is 9.50 Å². The maximum atomic E-state index is 13.5. The van der Waals surface area contributed by atoms with Gasteiger partial charge in [0, 0.05) is 24.5 Å². The number of rotatable bonds is 5. The molecule has 2 aliphatic carbocycles. The van der Waals surface area contributed by atoms with Crippen LogP contribution < -0.4 is 11.0 Å². The number of hydrogen-bond acceptors (Lipinski definition) is 5. The number of halogens is 1. The summed E-state index contributed by atoms with van der Waals surface area (Å²) in [5.41, 5.74) is 1.76. The Bertz CT molecular complexity index is 1110. The lowest BCUT2D eigenvalue weighted by molar-refractivity contribution is 0.126. The molecule has 0 atom stereocenters. The number of nitrogens with one attached hydrogen (secondary N) is 1. The van der Waals surface area contributed by atoms with Gasteiger partial charge >= 0.3 is 5.69 Å². The van der Waals surface area contributed by atoms with Crippen molar-refractivity contribution in [2.45, 2.75) is 63.1 Å². The van der Waals surface area contributed by atoms with Gasteiger partial charge in [-0.1, -0.05) is 0 Å². The van der Waals surface area contributed by atoms with E-state index in [0.717, 1.165) is 44.9 Å². The van der Waals surface area contributed by atoms with Gasteiger partial charge in [0.1, 0.15) is 5.82 Å². The van der Waals surface area contributed by atoms with Crippen LogP contribution in [0.2, 0.25) is 0 Å². The molecule has 2 aliphatic rings. The van der Waals surface area contributed by atoms with Crippen LogP contribution in [0.25, 0.3) is 17.1 Å². The van der Waals surface area contributed by atoms with Crippen molar-refractivity contribution >= 4 is 5.95 Å². The monoisotopic (exact) mass is 423 g/mol. The predicted octanol–water partition coefficient (Wildman–Crippen LogP) is 3.68. The normalized spacial score (nSPS) is 21.6. The van der Waals surface area contributed by atoms with E-state index < -0.39 is 0 Å². The Morgan fingerprint density at radius 3 is 2.45 bits per heavy atom. The molecule has 0 amide bonds. The average Bonchev–Trinajstić information content (AvgIpc) is 3.06. The van der Waals surface area contributed by atoms with E-state index in [2.05, 4.69) is 15.3 Å². The Morgan fingerprint density at radius 1 is 1.03 bits per heavy atom. The molecular weight excluding hydrogens is 397 g/mol. The highest BCUT2D eigenvalue weighted by Crippen LogP contribution is 2.32. The Hall–Kier alpha value is -3.00. The third-order valence-corrected chi connectivity index (χ3v) is 6.42. The van der Waals surface area contributed by atoms with E-state index >= 15 is 0 Å². The summed E-state index contributed by atoms with van der Waals surface area (Å²) in [7, 11) is 0. The molecule has 0 spiro atoms. The molecule has 0 bridgehead atoms. The van der Waals surface area contributed by atoms with Crippen molar-refractivity contribution in [1.82, 2.24) is 19.1 Å². The SMILES string of the molecule is O=c1n(C2CCC2)cc(-c2ccnc(NC3CCC(O)CC3)n2)n1-c1ccc(F)cc1. The summed E-state index contributed by atoms with van der Waals surface area (Å²) >= 11 is 0. The fourth-order valence-corrected chi connectivity index (χ4v) is 4.38. The topological polar surface area (TPSA) is 85.0 Å². The minimum absolute atomic E-state index is 0.138. The van der Waals surface area contributed by atoms with Crippen LogP contribution in [0.15, 0.2) is 47.5 Å². The maximum Gasteiger partial charge on any atom is 0.333 e. The summed E-state index contributed by atoms with van der Waals surface area (Å²) in [5, 5.41) is 13.1. The van der Waals surface area contributed by atoms with Gasteiger partial charge in [-0.3, -0.25) is 9.13 Å². The summed E-state index contributed by atoms with van der Waals surface area (Å²) in [6, 6.07) is 8.14. The maximum absolute atomic E-state index is 13.5. The molecule has 2 aromatic heterocycles. The molecule has 31 heavy (non-hydrogen) atoms. The number of anilines is 1. The second-order valence-corrected chi connectivity index (χ2v) is 8.52. The standard InChI is InChI=1S/C23H26FN5O2/c24-15-4-8-18(9-5-15)29-21(14-28(23(29)31)17-2-1-3-17)20-12-13-25-22(27-20)26-16-6-10-19(30)11-7-16/h4-5,8-9,12-14,16-17,19,30H,1-3,6-7,10-11H2,(H,25,26,27). The molecule has 5 rings (SSSR count). The summed E-state index contributed by atoms with van der Waals surface area (Å²) in [5.74, 6) is 0.163. The molecule has 0 unspecified atom stereocenters. The van der Waals surface area contributed by atoms with Gasteiger partial charge < -0.3 is 10.4 Å². The largest absolute Gasteiger partial charge is 0.393 e. The average molecular weight is 423 g/mol. The molecule has 2 fully saturated rings. The minimum Gasteiger partial charge on any atom is -0.393 e.